The number of nitrogens with two attached hydrogens (primary N) is 1. The van der Waals surface area contributed by atoms with Gasteiger partial charge < -0.3 is 10.5 Å². The average Bonchev–Trinajstić information content (AvgIpc) is 2.64. The third-order valence-corrected chi connectivity index (χ3v) is 4.47. The fraction of sp³-hybridized carbons (Fsp3) is 0.353. The Kier molecular flexibility index (Phi) is 5.37. The minimum Gasteiger partial charge on any atom is -0.403 e. The number of aliphatic imine (C=N–C) groups is 1. The van der Waals surface area contributed by atoms with Crippen LogP contribution >= 0.6 is 0 Å². The molecule has 25 heavy (non-hydrogen) atoms. The quantitative estimate of drug-likeness (QED) is 0.602. The topological polar surface area (TPSA) is 81.5 Å². The fourth-order valence-electron chi connectivity index (χ4n) is 3.06. The van der Waals surface area contributed by atoms with Crippen LogP contribution in [0.4, 0.5) is 0 Å². The van der Waals surface area contributed by atoms with Gasteiger partial charge in [0.25, 0.3) is 0 Å². The minimum absolute atomic E-state index is 0.121. The van der Waals surface area contributed by atoms with Crippen LogP contribution in [0.1, 0.15) is 17.7 Å². The molecule has 3 heterocycles. The summed E-state index contributed by atoms with van der Waals surface area (Å²) in [5, 5.41) is 9.26. The highest BCUT2D eigenvalue weighted by Gasteiger charge is 2.23. The first-order valence-electron chi connectivity index (χ1n) is 8.17. The lowest BCUT2D eigenvalue weighted by Crippen LogP contribution is -2.49. The summed E-state index contributed by atoms with van der Waals surface area (Å²) in [6.45, 7) is 3.50. The number of dihydropyridines is 1. The molecule has 0 saturated carbocycles. The third-order valence-electron chi connectivity index (χ3n) is 4.47. The third kappa shape index (κ3) is 3.84. The number of pyridine rings is 1. The van der Waals surface area contributed by atoms with Gasteiger partial charge in [0.15, 0.2) is 7.98 Å². The van der Waals surface area contributed by atoms with Crippen molar-refractivity contribution in [1.82, 2.24) is 14.7 Å². The summed E-state index contributed by atoms with van der Waals surface area (Å²) < 4.78 is 0. The molecule has 1 aromatic rings. The van der Waals surface area contributed by atoms with Crippen LogP contribution in [0.2, 0.25) is 0 Å². The van der Waals surface area contributed by atoms with Crippen LogP contribution in [0.3, 0.4) is 0 Å². The average molecular weight is 328 g/mol. The van der Waals surface area contributed by atoms with Crippen molar-refractivity contribution >= 4 is 38.7 Å². The second-order valence-corrected chi connectivity index (χ2v) is 6.08. The van der Waals surface area contributed by atoms with Crippen molar-refractivity contribution in [3.63, 3.8) is 0 Å². The fourth-order valence-corrected chi connectivity index (χ4v) is 3.06. The van der Waals surface area contributed by atoms with Crippen molar-refractivity contribution in [3.05, 3.63) is 35.8 Å². The van der Waals surface area contributed by atoms with Gasteiger partial charge in [0.2, 0.25) is 0 Å². The molecule has 4 radical (unpaired) electrons. The molecule has 1 unspecified atom stereocenters. The molecule has 122 valence electrons. The predicted octanol–water partition coefficient (Wildman–Crippen LogP) is -0.416. The molecule has 0 amide bonds. The van der Waals surface area contributed by atoms with E-state index in [0.29, 0.717) is 16.7 Å². The molecule has 6 nitrogen and oxygen atoms in total. The van der Waals surface area contributed by atoms with Gasteiger partial charge >= 0.3 is 0 Å². The van der Waals surface area contributed by atoms with E-state index in [-0.39, 0.29) is 6.17 Å². The maximum absolute atomic E-state index is 9.26. The first kappa shape index (κ1) is 17.5. The van der Waals surface area contributed by atoms with Gasteiger partial charge in [-0.15, -0.1) is 0 Å². The smallest absolute Gasteiger partial charge is 0.182 e. The Labute approximate surface area is 150 Å². The molecular weight excluding hydrogens is 310 g/mol. The first-order valence-corrected chi connectivity index (χ1v) is 8.17. The van der Waals surface area contributed by atoms with Crippen molar-refractivity contribution in [2.45, 2.75) is 12.6 Å². The summed E-state index contributed by atoms with van der Waals surface area (Å²) >= 11 is 0. The predicted molar refractivity (Wildman–Crippen MR) is 101 cm³/mol. The van der Waals surface area contributed by atoms with E-state index in [1.54, 1.807) is 6.07 Å². The summed E-state index contributed by atoms with van der Waals surface area (Å²) in [5.74, 6) is 0. The van der Waals surface area contributed by atoms with Crippen LogP contribution in [-0.2, 0) is 0 Å². The summed E-state index contributed by atoms with van der Waals surface area (Å²) in [6, 6.07) is 3.87. The van der Waals surface area contributed by atoms with Crippen LogP contribution in [-0.4, -0.2) is 69.1 Å². The Morgan fingerprint density at radius 2 is 2.12 bits per heavy atom. The number of hydrogen-bond acceptors (Lipinski definition) is 6. The lowest BCUT2D eigenvalue weighted by atomic mass is 9.91. The number of rotatable bonds is 3. The van der Waals surface area contributed by atoms with Crippen LogP contribution in [0, 0.1) is 11.3 Å². The van der Waals surface area contributed by atoms with Crippen LogP contribution in [0.25, 0.3) is 11.1 Å². The van der Waals surface area contributed by atoms with Crippen molar-refractivity contribution in [2.24, 2.45) is 10.7 Å². The van der Waals surface area contributed by atoms with Crippen molar-refractivity contribution < 1.29 is 0 Å². The lowest BCUT2D eigenvalue weighted by molar-refractivity contribution is 0.143. The van der Waals surface area contributed by atoms with Gasteiger partial charge in [-0.05, 0) is 18.7 Å². The maximum atomic E-state index is 9.26. The monoisotopic (exact) mass is 328 g/mol. The van der Waals surface area contributed by atoms with E-state index in [9.17, 15) is 5.26 Å². The summed E-state index contributed by atoms with van der Waals surface area (Å²) in [5.41, 5.74) is 8.59. The second-order valence-electron chi connectivity index (χ2n) is 6.08. The highest BCUT2D eigenvalue weighted by Crippen LogP contribution is 2.25. The number of aromatic nitrogens is 1. The number of nitrogens with zero attached hydrogens (tertiary/aromatic N) is 5. The van der Waals surface area contributed by atoms with Crippen molar-refractivity contribution in [3.8, 4) is 6.07 Å². The van der Waals surface area contributed by atoms with E-state index < -0.39 is 0 Å². The highest BCUT2D eigenvalue weighted by molar-refractivity contribution is 6.32. The zero-order valence-electron chi connectivity index (χ0n) is 14.0. The maximum Gasteiger partial charge on any atom is 0.182 e. The standard InChI is InChI=1S/C17H18B2N6/c18-14-7-15(17(23-11-14)13(8-20)9-21)12-1-2-16(22-10-12)24-3-5-25(19)6-4-24/h1,7-8,10-11,16H,2-6,20H2. The number of piperazine rings is 1. The van der Waals surface area contributed by atoms with Gasteiger partial charge in [0.05, 0.1) is 11.3 Å². The molecule has 1 saturated heterocycles. The van der Waals surface area contributed by atoms with Crippen LogP contribution < -0.4 is 11.2 Å². The van der Waals surface area contributed by atoms with Gasteiger partial charge in [-0.25, -0.2) is 0 Å². The number of nitriles is 1. The normalized spacial score (nSPS) is 22.4. The van der Waals surface area contributed by atoms with Crippen LogP contribution in [0.5, 0.6) is 0 Å². The molecule has 2 aliphatic rings. The summed E-state index contributed by atoms with van der Waals surface area (Å²) in [4.78, 5) is 13.1. The van der Waals surface area contributed by atoms with Crippen molar-refractivity contribution in [2.75, 3.05) is 26.2 Å². The minimum atomic E-state index is 0.121. The molecule has 0 aromatic carbocycles. The van der Waals surface area contributed by atoms with Gasteiger partial charge in [0.1, 0.15) is 20.1 Å². The zero-order chi connectivity index (χ0) is 17.8. The molecule has 2 aliphatic heterocycles. The summed E-state index contributed by atoms with van der Waals surface area (Å²) in [7, 11) is 11.7. The Bertz CT molecular complexity index is 772. The molecule has 1 aromatic heterocycles. The van der Waals surface area contributed by atoms with E-state index in [0.717, 1.165) is 43.7 Å². The molecular formula is C17H18B2N6. The Morgan fingerprint density at radius 1 is 1.36 bits per heavy atom. The van der Waals surface area contributed by atoms with Crippen LogP contribution in [0.15, 0.2) is 29.5 Å². The van der Waals surface area contributed by atoms with E-state index >= 15 is 0 Å². The van der Waals surface area contributed by atoms with E-state index in [2.05, 4.69) is 27.0 Å². The SMILES string of the molecule is [B]c1cnc(C(C#N)=CN)c(C2=CCC(N3CCN([B])CC3)N=C2)c1. The molecule has 0 spiro atoms. The van der Waals surface area contributed by atoms with Gasteiger partial charge in [-0.2, -0.15) is 5.26 Å². The number of allylic oxidation sites excluding steroid dienone is 2. The number of hydrogen-bond donors (Lipinski definition) is 1. The van der Waals surface area contributed by atoms with Gasteiger partial charge in [0, 0.05) is 43.7 Å². The Hall–Kier alpha value is -2.36. The molecule has 8 heteroatoms. The zero-order valence-corrected chi connectivity index (χ0v) is 14.0. The molecule has 3 rings (SSSR count). The molecule has 1 atom stereocenters. The van der Waals surface area contributed by atoms with Gasteiger partial charge in [-0.3, -0.25) is 14.9 Å². The van der Waals surface area contributed by atoms with E-state index in [4.69, 9.17) is 21.6 Å². The molecule has 1 fully saturated rings. The molecule has 2 N–H and O–H groups in total. The van der Waals surface area contributed by atoms with Crippen molar-refractivity contribution in [1.29, 1.82) is 5.26 Å². The summed E-state index contributed by atoms with van der Waals surface area (Å²) in [6.07, 6.45) is 7.63. The first-order chi connectivity index (χ1) is 12.1. The van der Waals surface area contributed by atoms with E-state index in [1.165, 1.54) is 12.4 Å². The van der Waals surface area contributed by atoms with Gasteiger partial charge in [-0.1, -0.05) is 17.6 Å². The molecule has 0 bridgehead atoms. The molecule has 0 aliphatic carbocycles. The largest absolute Gasteiger partial charge is 0.403 e. The Balaban J connectivity index is 1.82. The second kappa shape index (κ2) is 7.68. The Morgan fingerprint density at radius 3 is 2.72 bits per heavy atom. The van der Waals surface area contributed by atoms with E-state index in [1.807, 2.05) is 11.0 Å². The lowest BCUT2D eigenvalue weighted by Gasteiger charge is -2.37. The highest BCUT2D eigenvalue weighted by atomic mass is 15.3.